The van der Waals surface area contributed by atoms with E-state index in [1.807, 2.05) is 29.4 Å². The lowest BCUT2D eigenvalue weighted by molar-refractivity contribution is 0.0764. The first kappa shape index (κ1) is 21.5. The van der Waals surface area contributed by atoms with Crippen LogP contribution in [-0.2, 0) is 0 Å². The summed E-state index contributed by atoms with van der Waals surface area (Å²) in [4.78, 5) is 6.53. The number of allylic oxidation sites excluding steroid dienone is 1. The number of methoxy groups -OCH3 is 1. The first-order valence-corrected chi connectivity index (χ1v) is 12.1. The third kappa shape index (κ3) is 5.43. The van der Waals surface area contributed by atoms with Crippen molar-refractivity contribution in [1.29, 1.82) is 0 Å². The van der Waals surface area contributed by atoms with E-state index in [0.29, 0.717) is 5.88 Å². The van der Waals surface area contributed by atoms with Crippen LogP contribution in [0.25, 0.3) is 6.08 Å². The maximum atomic E-state index is 5.80. The quantitative estimate of drug-likeness (QED) is 0.470. The molecule has 0 bridgehead atoms. The fourth-order valence-corrected chi connectivity index (χ4v) is 6.67. The van der Waals surface area contributed by atoms with E-state index in [-0.39, 0.29) is 0 Å². The molecule has 2 fully saturated rings. The summed E-state index contributed by atoms with van der Waals surface area (Å²) in [7, 11) is 1.77. The Kier molecular flexibility index (Phi) is 8.36. The molecule has 27 heavy (non-hydrogen) atoms. The van der Waals surface area contributed by atoms with Crippen LogP contribution in [0.15, 0.2) is 10.3 Å². The maximum Gasteiger partial charge on any atom is 0.148 e. The Hall–Kier alpha value is -0.240. The molecule has 0 radical (unpaired) electrons. The highest BCUT2D eigenvalue weighted by atomic mass is 35.5. The Morgan fingerprint density at radius 1 is 1.19 bits per heavy atom. The molecular weight excluding hydrogens is 398 g/mol. The largest absolute Gasteiger partial charge is 0.494 e. The third-order valence-corrected chi connectivity index (χ3v) is 8.33. The molecule has 1 aromatic rings. The van der Waals surface area contributed by atoms with Gasteiger partial charge < -0.3 is 9.64 Å². The second-order valence-electron chi connectivity index (χ2n) is 7.19. The Bertz CT molecular complexity index is 621. The molecule has 0 N–H and O–H groups in total. The minimum Gasteiger partial charge on any atom is -0.494 e. The molecule has 1 aromatic heterocycles. The number of alkyl halides is 1. The summed E-state index contributed by atoms with van der Waals surface area (Å²) in [5.41, 5.74) is 1.22. The summed E-state index contributed by atoms with van der Waals surface area (Å²) < 4.78 is 9.48. The van der Waals surface area contributed by atoms with Crippen LogP contribution in [0.5, 0.6) is 5.75 Å². The summed E-state index contributed by atoms with van der Waals surface area (Å²) in [6, 6.07) is 0.759. The van der Waals surface area contributed by atoms with Crippen LogP contribution in [-0.4, -0.2) is 78.9 Å². The molecule has 152 valence electrons. The summed E-state index contributed by atoms with van der Waals surface area (Å²) in [6.45, 7) is 12.8. The number of thiophene rings is 1. The van der Waals surface area contributed by atoms with Gasteiger partial charge >= 0.3 is 0 Å². The van der Waals surface area contributed by atoms with Gasteiger partial charge in [0.05, 0.1) is 7.11 Å². The number of rotatable bonds is 7. The number of hydrogen-bond donors (Lipinski definition) is 0. The summed E-state index contributed by atoms with van der Waals surface area (Å²) >= 11 is 9.48. The van der Waals surface area contributed by atoms with Crippen molar-refractivity contribution in [3.05, 3.63) is 16.5 Å². The molecule has 0 aliphatic carbocycles. The van der Waals surface area contributed by atoms with E-state index in [1.54, 1.807) is 7.11 Å². The first-order chi connectivity index (χ1) is 13.2. The van der Waals surface area contributed by atoms with Crippen LogP contribution < -0.4 is 4.74 Å². The van der Waals surface area contributed by atoms with Crippen LogP contribution in [0.3, 0.4) is 0 Å². The topological polar surface area (TPSA) is 19.0 Å². The Morgan fingerprint density at radius 2 is 1.89 bits per heavy atom. The van der Waals surface area contributed by atoms with Crippen molar-refractivity contribution in [2.75, 3.05) is 58.8 Å². The van der Waals surface area contributed by atoms with Gasteiger partial charge in [0.25, 0.3) is 0 Å². The fraction of sp³-hybridized carbons (Fsp3) is 0.700. The highest BCUT2D eigenvalue weighted by Gasteiger charge is 2.28. The summed E-state index contributed by atoms with van der Waals surface area (Å²) in [5.74, 6) is 1.57. The third-order valence-electron chi connectivity index (χ3n) is 5.67. The predicted octanol–water partition coefficient (Wildman–Crippen LogP) is 4.43. The average Bonchev–Trinajstić information content (AvgIpc) is 3.01. The van der Waals surface area contributed by atoms with Crippen LogP contribution in [0, 0.1) is 6.92 Å². The number of halogens is 1. The summed E-state index contributed by atoms with van der Waals surface area (Å²) in [5, 5.41) is 0. The maximum absolute atomic E-state index is 5.80. The zero-order chi connectivity index (χ0) is 19.2. The normalized spacial score (nSPS) is 21.3. The zero-order valence-corrected chi connectivity index (χ0v) is 19.1. The van der Waals surface area contributed by atoms with Gasteiger partial charge in [-0.05, 0) is 44.3 Å². The summed E-state index contributed by atoms with van der Waals surface area (Å²) in [6.07, 6.45) is 6.65. The van der Waals surface area contributed by atoms with Gasteiger partial charge in [-0.25, -0.2) is 4.31 Å². The lowest BCUT2D eigenvalue weighted by Gasteiger charge is -2.42. The Morgan fingerprint density at radius 3 is 2.48 bits per heavy atom. The molecule has 0 atom stereocenters. The Balaban J connectivity index is 1.54. The minimum absolute atomic E-state index is 0.544. The fourth-order valence-electron chi connectivity index (χ4n) is 3.96. The van der Waals surface area contributed by atoms with E-state index < -0.39 is 0 Å². The van der Waals surface area contributed by atoms with Gasteiger partial charge in [0.15, 0.2) is 0 Å². The smallest absolute Gasteiger partial charge is 0.148 e. The lowest BCUT2D eigenvalue weighted by atomic mass is 10.0. The molecule has 0 spiro atoms. The van der Waals surface area contributed by atoms with Gasteiger partial charge in [-0.3, -0.25) is 4.90 Å². The molecule has 3 heterocycles. The molecule has 4 nitrogen and oxygen atoms in total. The second-order valence-corrected chi connectivity index (χ2v) is 9.92. The van der Waals surface area contributed by atoms with Crippen LogP contribution in [0.4, 0.5) is 0 Å². The molecule has 0 unspecified atom stereocenters. The van der Waals surface area contributed by atoms with E-state index >= 15 is 0 Å². The first-order valence-electron chi connectivity index (χ1n) is 9.95. The lowest BCUT2D eigenvalue weighted by Crippen LogP contribution is -2.52. The van der Waals surface area contributed by atoms with Crippen molar-refractivity contribution < 1.29 is 4.74 Å². The van der Waals surface area contributed by atoms with E-state index in [9.17, 15) is 0 Å². The standard InChI is InChI=1S/C20H32ClN3OS2/c1-4-22-12-14-23(15-13-22)17-7-10-24(11-8-17)27-20-19(25-3)16(2)18(26-20)6-5-9-21/h5-6,17H,4,7-15H2,1-3H3/b6-5-. The predicted molar refractivity (Wildman–Crippen MR) is 120 cm³/mol. The number of ether oxygens (including phenoxy) is 1. The molecule has 0 saturated carbocycles. The van der Waals surface area contributed by atoms with Crippen molar-refractivity contribution in [1.82, 2.24) is 14.1 Å². The molecule has 0 aromatic carbocycles. The van der Waals surface area contributed by atoms with Crippen molar-refractivity contribution in [2.24, 2.45) is 0 Å². The second kappa shape index (κ2) is 10.5. The Labute approximate surface area is 177 Å². The highest BCUT2D eigenvalue weighted by molar-refractivity contribution is 7.99. The molecule has 2 aliphatic rings. The molecule has 7 heteroatoms. The van der Waals surface area contributed by atoms with Crippen molar-refractivity contribution >= 4 is 41.0 Å². The van der Waals surface area contributed by atoms with Crippen molar-refractivity contribution in [3.8, 4) is 5.75 Å². The SMILES string of the molecule is CCN1CCN(C2CCN(Sc3sc(/C=C\CCl)c(C)c3OC)CC2)CC1. The minimum atomic E-state index is 0.544. The molecule has 0 amide bonds. The van der Waals surface area contributed by atoms with E-state index in [0.717, 1.165) is 24.9 Å². The van der Waals surface area contributed by atoms with Crippen molar-refractivity contribution in [3.63, 3.8) is 0 Å². The van der Waals surface area contributed by atoms with Crippen LogP contribution >= 0.6 is 34.9 Å². The number of hydrogen-bond acceptors (Lipinski definition) is 6. The average molecular weight is 430 g/mol. The highest BCUT2D eigenvalue weighted by Crippen LogP contribution is 2.44. The van der Waals surface area contributed by atoms with Crippen molar-refractivity contribution in [2.45, 2.75) is 36.9 Å². The number of piperazine rings is 1. The van der Waals surface area contributed by atoms with E-state index in [4.69, 9.17) is 16.3 Å². The van der Waals surface area contributed by atoms with Gasteiger partial charge in [-0.15, -0.1) is 22.9 Å². The monoisotopic (exact) mass is 429 g/mol. The van der Waals surface area contributed by atoms with Crippen LogP contribution in [0.1, 0.15) is 30.2 Å². The number of piperidine rings is 1. The van der Waals surface area contributed by atoms with Gasteiger partial charge in [-0.2, -0.15) is 0 Å². The zero-order valence-electron chi connectivity index (χ0n) is 16.7. The van der Waals surface area contributed by atoms with E-state index in [2.05, 4.69) is 34.0 Å². The van der Waals surface area contributed by atoms with Gasteiger partial charge in [0.1, 0.15) is 9.96 Å². The molecule has 2 saturated heterocycles. The van der Waals surface area contributed by atoms with Crippen LogP contribution in [0.2, 0.25) is 0 Å². The molecule has 2 aliphatic heterocycles. The molecular formula is C20H32ClN3OS2. The van der Waals surface area contributed by atoms with Gasteiger partial charge in [-0.1, -0.05) is 13.0 Å². The van der Waals surface area contributed by atoms with E-state index in [1.165, 1.54) is 60.2 Å². The van der Waals surface area contributed by atoms with Gasteiger partial charge in [0, 0.05) is 61.6 Å². The molecule has 3 rings (SSSR count). The number of nitrogens with zero attached hydrogens (tertiary/aromatic N) is 3. The number of likely N-dealkylation sites (N-methyl/N-ethyl adjacent to an activating group) is 1. The van der Waals surface area contributed by atoms with Gasteiger partial charge in [0.2, 0.25) is 0 Å².